The quantitative estimate of drug-likeness (QED) is 0.577. The molecule has 0 spiro atoms. The van der Waals surface area contributed by atoms with Crippen LogP contribution >= 0.6 is 12.6 Å². The molecule has 0 saturated heterocycles. The van der Waals surface area contributed by atoms with Crippen molar-refractivity contribution in [2.45, 2.75) is 5.75 Å². The predicted molar refractivity (Wildman–Crippen MR) is 27.7 cm³/mol. The van der Waals surface area contributed by atoms with Gasteiger partial charge in [-0.2, -0.15) is 0 Å². The van der Waals surface area contributed by atoms with Gasteiger partial charge in [0, 0.05) is 11.9 Å². The van der Waals surface area contributed by atoms with Crippen molar-refractivity contribution in [1.82, 2.24) is 15.4 Å². The van der Waals surface area contributed by atoms with Crippen molar-refractivity contribution in [3.05, 3.63) is 11.9 Å². The van der Waals surface area contributed by atoms with E-state index in [0.717, 1.165) is 5.69 Å². The molecule has 1 N–H and O–H groups in total. The van der Waals surface area contributed by atoms with Crippen LogP contribution < -0.4 is 0 Å². The maximum absolute atomic E-state index is 4.65. The standard InChI is InChI=1S/C3H4N3S/c7-2-3-1-4-6-5-3/h1H,2H2,(H,4,5,6). The highest BCUT2D eigenvalue weighted by Crippen LogP contribution is 1.91. The number of nitrogens with one attached hydrogen (secondary N) is 1. The Bertz CT molecular complexity index is 125. The van der Waals surface area contributed by atoms with Crippen LogP contribution in [0.3, 0.4) is 0 Å². The van der Waals surface area contributed by atoms with E-state index in [9.17, 15) is 0 Å². The second-order valence-electron chi connectivity index (χ2n) is 1.11. The fourth-order valence-corrected chi connectivity index (χ4v) is 0.437. The zero-order valence-electron chi connectivity index (χ0n) is 3.59. The number of aromatic nitrogens is 3. The summed E-state index contributed by atoms with van der Waals surface area (Å²) in [7, 11) is 0. The van der Waals surface area contributed by atoms with Crippen LogP contribution in [0.5, 0.6) is 0 Å². The SMILES string of the molecule is [S]Cc1c[nH]nn1. The molecule has 37 valence electrons. The van der Waals surface area contributed by atoms with Gasteiger partial charge < -0.3 is 0 Å². The minimum atomic E-state index is 0.538. The van der Waals surface area contributed by atoms with Crippen molar-refractivity contribution < 1.29 is 0 Å². The minimum absolute atomic E-state index is 0.538. The maximum atomic E-state index is 4.65. The summed E-state index contributed by atoms with van der Waals surface area (Å²) in [5.74, 6) is 0.538. The van der Waals surface area contributed by atoms with Crippen molar-refractivity contribution in [2.24, 2.45) is 0 Å². The third kappa shape index (κ3) is 0.928. The Balaban J connectivity index is 2.76. The van der Waals surface area contributed by atoms with Gasteiger partial charge in [-0.05, 0) is 0 Å². The van der Waals surface area contributed by atoms with Crippen LogP contribution in [-0.2, 0) is 5.75 Å². The van der Waals surface area contributed by atoms with Crippen LogP contribution in [0.25, 0.3) is 0 Å². The van der Waals surface area contributed by atoms with E-state index in [1.807, 2.05) is 0 Å². The van der Waals surface area contributed by atoms with Gasteiger partial charge in [0.15, 0.2) is 0 Å². The van der Waals surface area contributed by atoms with Gasteiger partial charge in [-0.1, -0.05) is 17.8 Å². The number of H-pyrrole nitrogens is 1. The molecule has 7 heavy (non-hydrogen) atoms. The summed E-state index contributed by atoms with van der Waals surface area (Å²) in [4.78, 5) is 0. The molecule has 0 aliphatic carbocycles. The van der Waals surface area contributed by atoms with Crippen molar-refractivity contribution in [3.63, 3.8) is 0 Å². The van der Waals surface area contributed by atoms with Crippen molar-refractivity contribution in [2.75, 3.05) is 0 Å². The van der Waals surface area contributed by atoms with Crippen LogP contribution in [0.2, 0.25) is 0 Å². The summed E-state index contributed by atoms with van der Waals surface area (Å²) < 4.78 is 0. The first kappa shape index (κ1) is 4.64. The molecular weight excluding hydrogens is 110 g/mol. The lowest BCUT2D eigenvalue weighted by Crippen LogP contribution is -1.73. The van der Waals surface area contributed by atoms with E-state index >= 15 is 0 Å². The lowest BCUT2D eigenvalue weighted by molar-refractivity contribution is 0.926. The first-order valence-electron chi connectivity index (χ1n) is 1.87. The van der Waals surface area contributed by atoms with Gasteiger partial charge in [-0.3, -0.25) is 5.10 Å². The number of aromatic amines is 1. The molecule has 0 amide bonds. The minimum Gasteiger partial charge on any atom is -0.265 e. The second kappa shape index (κ2) is 1.97. The van der Waals surface area contributed by atoms with Crippen LogP contribution in [0, 0.1) is 0 Å². The maximum Gasteiger partial charge on any atom is 0.0931 e. The molecule has 0 fully saturated rings. The molecular formula is C3H4N3S. The van der Waals surface area contributed by atoms with Crippen molar-refractivity contribution >= 4 is 12.6 Å². The number of rotatable bonds is 1. The van der Waals surface area contributed by atoms with Gasteiger partial charge in [0.1, 0.15) is 0 Å². The molecule has 0 bridgehead atoms. The van der Waals surface area contributed by atoms with Gasteiger partial charge in [0.2, 0.25) is 0 Å². The van der Waals surface area contributed by atoms with E-state index < -0.39 is 0 Å². The summed E-state index contributed by atoms with van der Waals surface area (Å²) >= 11 is 4.65. The highest BCUT2D eigenvalue weighted by molar-refractivity contribution is 7.79. The molecule has 0 aliphatic rings. The number of nitrogens with zero attached hydrogens (tertiary/aromatic N) is 2. The Morgan fingerprint density at radius 1 is 1.86 bits per heavy atom. The average Bonchev–Trinajstić information content (AvgIpc) is 2.14. The Labute approximate surface area is 46.5 Å². The van der Waals surface area contributed by atoms with E-state index in [1.54, 1.807) is 6.20 Å². The van der Waals surface area contributed by atoms with Crippen LogP contribution in [0.15, 0.2) is 6.20 Å². The molecule has 0 saturated carbocycles. The summed E-state index contributed by atoms with van der Waals surface area (Å²) in [5.41, 5.74) is 0.829. The summed E-state index contributed by atoms with van der Waals surface area (Å²) in [6, 6.07) is 0. The van der Waals surface area contributed by atoms with E-state index in [4.69, 9.17) is 0 Å². The topological polar surface area (TPSA) is 41.6 Å². The molecule has 0 aliphatic heterocycles. The highest BCUT2D eigenvalue weighted by atomic mass is 32.1. The molecule has 0 aromatic carbocycles. The van der Waals surface area contributed by atoms with Crippen molar-refractivity contribution in [3.8, 4) is 0 Å². The molecule has 0 atom stereocenters. The normalized spacial score (nSPS) is 9.29. The van der Waals surface area contributed by atoms with Crippen LogP contribution in [-0.4, -0.2) is 15.4 Å². The Hall–Kier alpha value is -0.510. The number of hydrogen-bond acceptors (Lipinski definition) is 2. The fourth-order valence-electron chi connectivity index (χ4n) is 0.296. The molecule has 1 heterocycles. The highest BCUT2D eigenvalue weighted by Gasteiger charge is 1.86. The van der Waals surface area contributed by atoms with Crippen molar-refractivity contribution in [1.29, 1.82) is 0 Å². The van der Waals surface area contributed by atoms with E-state index in [-0.39, 0.29) is 0 Å². The van der Waals surface area contributed by atoms with Gasteiger partial charge >= 0.3 is 0 Å². The predicted octanol–water partition coefficient (Wildman–Crippen LogP) is 0.502. The van der Waals surface area contributed by atoms with E-state index in [1.165, 1.54) is 0 Å². The molecule has 0 unspecified atom stereocenters. The first-order chi connectivity index (χ1) is 3.43. The zero-order chi connectivity index (χ0) is 5.11. The largest absolute Gasteiger partial charge is 0.265 e. The van der Waals surface area contributed by atoms with Gasteiger partial charge in [-0.25, -0.2) is 0 Å². The molecule has 3 nitrogen and oxygen atoms in total. The zero-order valence-corrected chi connectivity index (χ0v) is 4.40. The van der Waals surface area contributed by atoms with E-state index in [0.29, 0.717) is 5.75 Å². The third-order valence-electron chi connectivity index (χ3n) is 0.615. The smallest absolute Gasteiger partial charge is 0.0931 e. The fraction of sp³-hybridized carbons (Fsp3) is 0.333. The van der Waals surface area contributed by atoms with Gasteiger partial charge in [-0.15, -0.1) is 5.10 Å². The number of hydrogen-bond donors (Lipinski definition) is 1. The monoisotopic (exact) mass is 114 g/mol. The Morgan fingerprint density at radius 3 is 3.00 bits per heavy atom. The first-order valence-corrected chi connectivity index (χ1v) is 2.44. The molecule has 4 heteroatoms. The van der Waals surface area contributed by atoms with Crippen LogP contribution in [0.1, 0.15) is 5.69 Å². The molecule has 1 radical (unpaired) electrons. The second-order valence-corrected chi connectivity index (χ2v) is 1.40. The third-order valence-corrected chi connectivity index (χ3v) is 0.911. The lowest BCUT2D eigenvalue weighted by Gasteiger charge is -1.72. The average molecular weight is 114 g/mol. The summed E-state index contributed by atoms with van der Waals surface area (Å²) in [5, 5.41) is 9.63. The van der Waals surface area contributed by atoms with Gasteiger partial charge in [0.25, 0.3) is 0 Å². The molecule has 1 aromatic rings. The summed E-state index contributed by atoms with van der Waals surface area (Å²) in [6.45, 7) is 0. The summed E-state index contributed by atoms with van der Waals surface area (Å²) in [6.07, 6.45) is 1.69. The van der Waals surface area contributed by atoms with Gasteiger partial charge in [0.05, 0.1) is 5.69 Å². The van der Waals surface area contributed by atoms with E-state index in [2.05, 4.69) is 28.0 Å². The Kier molecular flexibility index (Phi) is 1.31. The lowest BCUT2D eigenvalue weighted by atomic mass is 10.6. The van der Waals surface area contributed by atoms with Crippen LogP contribution in [0.4, 0.5) is 0 Å². The molecule has 1 rings (SSSR count). The Morgan fingerprint density at radius 2 is 2.71 bits per heavy atom. The molecule has 1 aromatic heterocycles.